The molecule has 0 aliphatic carbocycles. The van der Waals surface area contributed by atoms with Gasteiger partial charge in [0.25, 0.3) is 5.91 Å². The summed E-state index contributed by atoms with van der Waals surface area (Å²) >= 11 is 0. The van der Waals surface area contributed by atoms with Gasteiger partial charge in [-0.15, -0.1) is 0 Å². The molecule has 0 saturated heterocycles. The van der Waals surface area contributed by atoms with E-state index in [1.54, 1.807) is 24.3 Å². The fourth-order valence-electron chi connectivity index (χ4n) is 2.15. The van der Waals surface area contributed by atoms with Crippen molar-refractivity contribution in [2.45, 2.75) is 13.0 Å². The van der Waals surface area contributed by atoms with Crippen LogP contribution < -0.4 is 20.5 Å². The van der Waals surface area contributed by atoms with Crippen LogP contribution in [0.5, 0.6) is 11.5 Å². The summed E-state index contributed by atoms with van der Waals surface area (Å²) in [6, 6.07) is 12.7. The van der Waals surface area contributed by atoms with E-state index in [4.69, 9.17) is 15.2 Å². The van der Waals surface area contributed by atoms with Crippen LogP contribution in [0.1, 0.15) is 5.56 Å². The van der Waals surface area contributed by atoms with Crippen molar-refractivity contribution in [2.75, 3.05) is 17.7 Å². The Morgan fingerprint density at radius 3 is 2.76 bits per heavy atom. The van der Waals surface area contributed by atoms with Crippen LogP contribution in [-0.2, 0) is 4.79 Å². The van der Waals surface area contributed by atoms with Gasteiger partial charge in [0.2, 0.25) is 6.10 Å². The number of benzene rings is 2. The first kappa shape index (κ1) is 13.3. The topological polar surface area (TPSA) is 73.6 Å². The number of carbonyl (C=O) groups excluding carboxylic acids is 1. The summed E-state index contributed by atoms with van der Waals surface area (Å²) in [6.45, 7) is 2.04. The quantitative estimate of drug-likeness (QED) is 0.830. The van der Waals surface area contributed by atoms with Gasteiger partial charge in [-0.05, 0) is 36.8 Å². The van der Waals surface area contributed by atoms with Crippen molar-refractivity contribution in [3.05, 3.63) is 48.0 Å². The van der Waals surface area contributed by atoms with Gasteiger partial charge in [0.1, 0.15) is 6.61 Å². The van der Waals surface area contributed by atoms with Gasteiger partial charge in [0.05, 0.1) is 0 Å². The summed E-state index contributed by atoms with van der Waals surface area (Å²) in [5.41, 5.74) is 7.99. The minimum Gasteiger partial charge on any atom is -0.485 e. The van der Waals surface area contributed by atoms with Crippen LogP contribution in [0.2, 0.25) is 0 Å². The summed E-state index contributed by atoms with van der Waals surface area (Å²) in [4.78, 5) is 12.3. The van der Waals surface area contributed by atoms with E-state index in [9.17, 15) is 4.79 Å². The molecule has 1 atom stereocenters. The zero-order chi connectivity index (χ0) is 14.8. The molecule has 2 aromatic rings. The maximum Gasteiger partial charge on any atom is 0.269 e. The molecule has 0 aromatic heterocycles. The van der Waals surface area contributed by atoms with E-state index in [2.05, 4.69) is 5.32 Å². The number of ether oxygens (including phenoxy) is 2. The van der Waals surface area contributed by atoms with Crippen molar-refractivity contribution in [1.82, 2.24) is 0 Å². The van der Waals surface area contributed by atoms with Crippen molar-refractivity contribution in [1.29, 1.82) is 0 Å². The molecule has 0 spiro atoms. The predicted molar refractivity (Wildman–Crippen MR) is 80.6 cm³/mol. The Kier molecular flexibility index (Phi) is 3.39. The molecule has 2 aromatic carbocycles. The van der Waals surface area contributed by atoms with Crippen LogP contribution in [0, 0.1) is 6.92 Å². The zero-order valence-electron chi connectivity index (χ0n) is 11.6. The molecule has 0 saturated carbocycles. The normalized spacial score (nSPS) is 16.3. The number of hydrogen-bond acceptors (Lipinski definition) is 4. The molecule has 3 N–H and O–H groups in total. The van der Waals surface area contributed by atoms with E-state index in [1.807, 2.05) is 25.1 Å². The van der Waals surface area contributed by atoms with Crippen LogP contribution >= 0.6 is 0 Å². The van der Waals surface area contributed by atoms with E-state index in [0.717, 1.165) is 5.56 Å². The summed E-state index contributed by atoms with van der Waals surface area (Å²) in [7, 11) is 0. The molecule has 0 bridgehead atoms. The predicted octanol–water partition coefficient (Wildman–Crippen LogP) is 2.36. The van der Waals surface area contributed by atoms with E-state index < -0.39 is 6.10 Å². The first-order valence-electron chi connectivity index (χ1n) is 6.69. The van der Waals surface area contributed by atoms with Crippen molar-refractivity contribution >= 4 is 17.3 Å². The van der Waals surface area contributed by atoms with Crippen LogP contribution in [0.4, 0.5) is 11.4 Å². The molecule has 21 heavy (non-hydrogen) atoms. The Morgan fingerprint density at radius 1 is 1.19 bits per heavy atom. The third-order valence-corrected chi connectivity index (χ3v) is 3.43. The number of fused-ring (bicyclic) bond motifs is 1. The summed E-state index contributed by atoms with van der Waals surface area (Å²) in [5.74, 6) is 0.980. The average Bonchev–Trinajstić information content (AvgIpc) is 2.51. The molecule has 3 rings (SSSR count). The average molecular weight is 284 g/mol. The second-order valence-electron chi connectivity index (χ2n) is 4.87. The van der Waals surface area contributed by atoms with Crippen molar-refractivity contribution in [3.63, 3.8) is 0 Å². The minimum atomic E-state index is -0.680. The molecule has 0 fully saturated rings. The molecule has 1 amide bonds. The Hall–Kier alpha value is -2.69. The summed E-state index contributed by atoms with van der Waals surface area (Å²) < 4.78 is 11.2. The second kappa shape index (κ2) is 5.36. The highest BCUT2D eigenvalue weighted by molar-refractivity contribution is 5.96. The number of hydrogen-bond donors (Lipinski definition) is 2. The van der Waals surface area contributed by atoms with Gasteiger partial charge >= 0.3 is 0 Å². The fraction of sp³-hybridized carbons (Fsp3) is 0.188. The minimum absolute atomic E-state index is 0.185. The molecule has 5 heteroatoms. The molecule has 108 valence electrons. The van der Waals surface area contributed by atoms with Gasteiger partial charge in [-0.1, -0.05) is 18.2 Å². The molecular formula is C16H16N2O3. The van der Waals surface area contributed by atoms with E-state index in [-0.39, 0.29) is 12.5 Å². The number of nitrogens with two attached hydrogens (primary N) is 1. The van der Waals surface area contributed by atoms with Gasteiger partial charge in [-0.25, -0.2) is 0 Å². The number of para-hydroxylation sites is 2. The number of anilines is 2. The monoisotopic (exact) mass is 284 g/mol. The van der Waals surface area contributed by atoms with Crippen molar-refractivity contribution < 1.29 is 14.3 Å². The van der Waals surface area contributed by atoms with Crippen molar-refractivity contribution in [3.8, 4) is 11.5 Å². The lowest BCUT2D eigenvalue weighted by molar-refractivity contribution is -0.125. The number of carbonyl (C=O) groups is 1. The number of nitrogen functional groups attached to an aromatic ring is 1. The summed E-state index contributed by atoms with van der Waals surface area (Å²) in [5, 5.41) is 2.83. The highest BCUT2D eigenvalue weighted by Gasteiger charge is 2.27. The van der Waals surface area contributed by atoms with Gasteiger partial charge in [0.15, 0.2) is 11.5 Å². The number of amides is 1. The van der Waals surface area contributed by atoms with Crippen LogP contribution in [0.3, 0.4) is 0 Å². The highest BCUT2D eigenvalue weighted by atomic mass is 16.6. The Labute approximate surface area is 122 Å². The maximum absolute atomic E-state index is 12.3. The number of nitrogens with one attached hydrogen (secondary N) is 1. The first-order chi connectivity index (χ1) is 10.1. The van der Waals surface area contributed by atoms with Gasteiger partial charge in [-0.2, -0.15) is 0 Å². The molecule has 1 aliphatic heterocycles. The van der Waals surface area contributed by atoms with Crippen molar-refractivity contribution in [2.24, 2.45) is 0 Å². The largest absolute Gasteiger partial charge is 0.485 e. The Morgan fingerprint density at radius 2 is 1.95 bits per heavy atom. The SMILES string of the molecule is Cc1c(N)cccc1NC(=O)C1COc2ccccc2O1. The third-order valence-electron chi connectivity index (χ3n) is 3.43. The van der Waals surface area contributed by atoms with E-state index >= 15 is 0 Å². The second-order valence-corrected chi connectivity index (χ2v) is 4.87. The van der Waals surface area contributed by atoms with Gasteiger partial charge in [0, 0.05) is 11.4 Å². The molecule has 0 radical (unpaired) electrons. The van der Waals surface area contributed by atoms with Crippen LogP contribution in [0.25, 0.3) is 0 Å². The molecule has 1 heterocycles. The Bertz CT molecular complexity index is 685. The summed E-state index contributed by atoms with van der Waals surface area (Å²) in [6.07, 6.45) is -0.680. The maximum atomic E-state index is 12.3. The van der Waals surface area contributed by atoms with E-state index in [1.165, 1.54) is 0 Å². The molecular weight excluding hydrogens is 268 g/mol. The molecule has 5 nitrogen and oxygen atoms in total. The standard InChI is InChI=1S/C16H16N2O3/c1-10-11(17)5-4-6-12(10)18-16(19)15-9-20-13-7-2-3-8-14(13)21-15/h2-8,15H,9,17H2,1H3,(H,18,19). The third kappa shape index (κ3) is 2.63. The highest BCUT2D eigenvalue weighted by Crippen LogP contribution is 2.31. The lowest BCUT2D eigenvalue weighted by Crippen LogP contribution is -2.40. The van der Waals surface area contributed by atoms with Crippen LogP contribution in [-0.4, -0.2) is 18.6 Å². The Balaban J connectivity index is 1.74. The number of rotatable bonds is 2. The smallest absolute Gasteiger partial charge is 0.269 e. The van der Waals surface area contributed by atoms with Crippen LogP contribution in [0.15, 0.2) is 42.5 Å². The lowest BCUT2D eigenvalue weighted by atomic mass is 10.1. The van der Waals surface area contributed by atoms with E-state index in [0.29, 0.717) is 22.9 Å². The zero-order valence-corrected chi connectivity index (χ0v) is 11.6. The first-order valence-corrected chi connectivity index (χ1v) is 6.69. The molecule has 1 unspecified atom stereocenters. The molecule has 1 aliphatic rings. The van der Waals surface area contributed by atoms with Gasteiger partial charge in [-0.3, -0.25) is 4.79 Å². The lowest BCUT2D eigenvalue weighted by Gasteiger charge is -2.25. The fourth-order valence-corrected chi connectivity index (χ4v) is 2.15. The van der Waals surface area contributed by atoms with Gasteiger partial charge < -0.3 is 20.5 Å².